The lowest BCUT2D eigenvalue weighted by atomic mass is 10.0. The molecule has 7 nitrogen and oxygen atoms in total. The number of hydrogen-bond acceptors (Lipinski definition) is 8. The van der Waals surface area contributed by atoms with E-state index < -0.39 is 0 Å². The summed E-state index contributed by atoms with van der Waals surface area (Å²) in [5.74, 6) is 0.00887. The van der Waals surface area contributed by atoms with Gasteiger partial charge in [-0.3, -0.25) is 9.78 Å². The van der Waals surface area contributed by atoms with Crippen molar-refractivity contribution in [3.05, 3.63) is 65.2 Å². The van der Waals surface area contributed by atoms with Crippen LogP contribution in [0.25, 0.3) is 42.8 Å². The number of rotatable bonds is 9. The van der Waals surface area contributed by atoms with Crippen LogP contribution in [0.3, 0.4) is 0 Å². The third-order valence-electron chi connectivity index (χ3n) is 6.74. The van der Waals surface area contributed by atoms with Gasteiger partial charge in [-0.2, -0.15) is 0 Å². The summed E-state index contributed by atoms with van der Waals surface area (Å²) in [7, 11) is 1.67. The third-order valence-corrected chi connectivity index (χ3v) is 8.94. The van der Waals surface area contributed by atoms with Crippen molar-refractivity contribution < 1.29 is 9.53 Å². The van der Waals surface area contributed by atoms with Gasteiger partial charge < -0.3 is 20.7 Å². The SMILES string of the molecule is COCCNCCC(=O)Nc1sc2c(c1-c1nc3cc(-c4cccc5cccnc45)ccc3s1)CCNC2. The molecular weight excluding hydrogens is 514 g/mol. The number of aromatic nitrogens is 2. The fraction of sp³-hybridized carbons (Fsp3) is 0.276. The van der Waals surface area contributed by atoms with Gasteiger partial charge in [0.25, 0.3) is 0 Å². The second kappa shape index (κ2) is 11.3. The molecule has 0 bridgehead atoms. The molecule has 0 radical (unpaired) electrons. The molecule has 1 aliphatic heterocycles. The van der Waals surface area contributed by atoms with Crippen molar-refractivity contribution in [2.24, 2.45) is 0 Å². The molecule has 0 saturated carbocycles. The second-order valence-electron chi connectivity index (χ2n) is 9.26. The number of carbonyl (C=O) groups excluding carboxylic acids is 1. The first kappa shape index (κ1) is 25.1. The Kier molecular flexibility index (Phi) is 7.44. The van der Waals surface area contributed by atoms with E-state index in [0.29, 0.717) is 19.6 Å². The van der Waals surface area contributed by atoms with Gasteiger partial charge in [0.1, 0.15) is 10.0 Å². The molecule has 0 unspecified atom stereocenters. The normalized spacial score (nSPS) is 13.2. The first-order valence-corrected chi connectivity index (χ1v) is 14.4. The average molecular weight is 544 g/mol. The number of methoxy groups -OCH3 is 1. The number of pyridine rings is 1. The number of hydrogen-bond donors (Lipinski definition) is 3. The first-order chi connectivity index (χ1) is 18.7. The Morgan fingerprint density at radius 2 is 2.05 bits per heavy atom. The largest absolute Gasteiger partial charge is 0.383 e. The van der Waals surface area contributed by atoms with E-state index in [1.165, 1.54) is 10.4 Å². The lowest BCUT2D eigenvalue weighted by molar-refractivity contribution is -0.116. The summed E-state index contributed by atoms with van der Waals surface area (Å²) < 4.78 is 6.19. The van der Waals surface area contributed by atoms with E-state index in [0.717, 1.165) is 73.9 Å². The average Bonchev–Trinajstić information content (AvgIpc) is 3.52. The summed E-state index contributed by atoms with van der Waals surface area (Å²) in [6.07, 6.45) is 3.18. The molecule has 0 aliphatic carbocycles. The summed E-state index contributed by atoms with van der Waals surface area (Å²) in [6.45, 7) is 3.73. The molecule has 38 heavy (non-hydrogen) atoms. The van der Waals surface area contributed by atoms with Gasteiger partial charge in [-0.15, -0.1) is 22.7 Å². The molecule has 9 heteroatoms. The molecule has 0 saturated heterocycles. The third kappa shape index (κ3) is 5.08. The molecule has 1 aliphatic rings. The molecule has 3 aromatic heterocycles. The molecule has 5 aromatic rings. The van der Waals surface area contributed by atoms with Crippen molar-refractivity contribution in [3.63, 3.8) is 0 Å². The molecule has 0 spiro atoms. The number of anilines is 1. The Bertz CT molecular complexity index is 1600. The Morgan fingerprint density at radius 1 is 1.13 bits per heavy atom. The molecule has 0 fully saturated rings. The Balaban J connectivity index is 1.32. The zero-order chi connectivity index (χ0) is 25.9. The fourth-order valence-electron chi connectivity index (χ4n) is 4.88. The van der Waals surface area contributed by atoms with E-state index >= 15 is 0 Å². The molecule has 194 valence electrons. The van der Waals surface area contributed by atoms with Crippen LogP contribution in [0, 0.1) is 0 Å². The van der Waals surface area contributed by atoms with Crippen LogP contribution >= 0.6 is 22.7 Å². The van der Waals surface area contributed by atoms with E-state index in [4.69, 9.17) is 9.72 Å². The summed E-state index contributed by atoms with van der Waals surface area (Å²) in [5, 5.41) is 12.9. The summed E-state index contributed by atoms with van der Waals surface area (Å²) in [4.78, 5) is 23.8. The van der Waals surface area contributed by atoms with Crippen molar-refractivity contribution in [1.29, 1.82) is 0 Å². The Hall–Kier alpha value is -3.21. The van der Waals surface area contributed by atoms with Gasteiger partial charge in [0.15, 0.2) is 0 Å². The Labute approximate surface area is 229 Å². The monoisotopic (exact) mass is 543 g/mol. The van der Waals surface area contributed by atoms with E-state index in [1.807, 2.05) is 12.3 Å². The van der Waals surface area contributed by atoms with E-state index in [1.54, 1.807) is 29.8 Å². The molecule has 0 atom stereocenters. The Morgan fingerprint density at radius 3 is 2.97 bits per heavy atom. The quantitative estimate of drug-likeness (QED) is 0.214. The number of nitrogens with zero attached hydrogens (tertiary/aromatic N) is 2. The van der Waals surface area contributed by atoms with Crippen molar-refractivity contribution in [2.75, 3.05) is 38.7 Å². The zero-order valence-electron chi connectivity index (χ0n) is 21.2. The predicted octanol–water partition coefficient (Wildman–Crippen LogP) is 5.45. The first-order valence-electron chi connectivity index (χ1n) is 12.8. The van der Waals surface area contributed by atoms with Crippen LogP contribution in [0.4, 0.5) is 5.00 Å². The van der Waals surface area contributed by atoms with E-state index in [9.17, 15) is 4.79 Å². The predicted molar refractivity (Wildman–Crippen MR) is 157 cm³/mol. The van der Waals surface area contributed by atoms with Crippen molar-refractivity contribution in [1.82, 2.24) is 20.6 Å². The lowest BCUT2D eigenvalue weighted by Crippen LogP contribution is -2.24. The van der Waals surface area contributed by atoms with Crippen LogP contribution in [0.15, 0.2) is 54.7 Å². The van der Waals surface area contributed by atoms with Crippen LogP contribution in [0.1, 0.15) is 16.9 Å². The highest BCUT2D eigenvalue weighted by atomic mass is 32.1. The van der Waals surface area contributed by atoms with Gasteiger partial charge >= 0.3 is 0 Å². The highest BCUT2D eigenvalue weighted by Gasteiger charge is 2.25. The van der Waals surface area contributed by atoms with Crippen molar-refractivity contribution in [3.8, 4) is 21.7 Å². The second-order valence-corrected chi connectivity index (χ2v) is 11.4. The van der Waals surface area contributed by atoms with Crippen LogP contribution in [0.5, 0.6) is 0 Å². The van der Waals surface area contributed by atoms with Gasteiger partial charge in [0.2, 0.25) is 5.91 Å². The maximum atomic E-state index is 12.8. The molecule has 6 rings (SSSR count). The minimum absolute atomic E-state index is 0.00887. The van der Waals surface area contributed by atoms with Gasteiger partial charge in [-0.1, -0.05) is 30.3 Å². The van der Waals surface area contributed by atoms with E-state index in [2.05, 4.69) is 63.4 Å². The van der Waals surface area contributed by atoms with E-state index in [-0.39, 0.29) is 5.91 Å². The highest BCUT2D eigenvalue weighted by Crippen LogP contribution is 2.45. The number of thiophene rings is 1. The van der Waals surface area contributed by atoms with Crippen molar-refractivity contribution >= 4 is 54.7 Å². The topological polar surface area (TPSA) is 88.2 Å². The summed E-state index contributed by atoms with van der Waals surface area (Å²) in [5.41, 5.74) is 6.55. The minimum Gasteiger partial charge on any atom is -0.383 e. The maximum absolute atomic E-state index is 12.8. The van der Waals surface area contributed by atoms with Crippen LogP contribution < -0.4 is 16.0 Å². The number of para-hydroxylation sites is 1. The lowest BCUT2D eigenvalue weighted by Gasteiger charge is -2.13. The fourth-order valence-corrected chi connectivity index (χ4v) is 7.20. The van der Waals surface area contributed by atoms with Gasteiger partial charge in [0, 0.05) is 60.8 Å². The molecule has 4 heterocycles. The van der Waals surface area contributed by atoms with Crippen LogP contribution in [0.2, 0.25) is 0 Å². The maximum Gasteiger partial charge on any atom is 0.226 e. The number of fused-ring (bicyclic) bond motifs is 3. The number of nitrogens with one attached hydrogen (secondary N) is 3. The number of carbonyl (C=O) groups is 1. The number of ether oxygens (including phenoxy) is 1. The molecule has 3 N–H and O–H groups in total. The minimum atomic E-state index is 0.00887. The van der Waals surface area contributed by atoms with Gasteiger partial charge in [-0.25, -0.2) is 4.98 Å². The van der Waals surface area contributed by atoms with Crippen LogP contribution in [-0.2, 0) is 22.5 Å². The van der Waals surface area contributed by atoms with Crippen LogP contribution in [-0.4, -0.2) is 49.2 Å². The summed E-state index contributed by atoms with van der Waals surface area (Å²) >= 11 is 3.35. The standard InChI is InChI=1S/C29H29N5O2S2/c1-36-15-14-30-13-10-25(35)34-29-26(21-9-12-31-17-24(21)38-29)28-33-22-16-19(7-8-23(22)37-28)20-6-2-4-18-5-3-11-32-27(18)20/h2-8,11,16,30-31H,9-10,12-15,17H2,1H3,(H,34,35). The van der Waals surface area contributed by atoms with Gasteiger partial charge in [0.05, 0.1) is 22.3 Å². The number of amides is 1. The zero-order valence-corrected chi connectivity index (χ0v) is 22.8. The number of benzene rings is 2. The molecule has 2 aromatic carbocycles. The molecular formula is C29H29N5O2S2. The van der Waals surface area contributed by atoms with Crippen molar-refractivity contribution in [2.45, 2.75) is 19.4 Å². The molecule has 1 amide bonds. The number of thiazole rings is 1. The smallest absolute Gasteiger partial charge is 0.226 e. The van der Waals surface area contributed by atoms with Gasteiger partial charge in [-0.05, 0) is 42.3 Å². The summed E-state index contributed by atoms with van der Waals surface area (Å²) in [6, 6.07) is 16.8. The highest BCUT2D eigenvalue weighted by molar-refractivity contribution is 7.23.